The second kappa shape index (κ2) is 7.22. The molecule has 0 saturated carbocycles. The molecule has 7 heteroatoms. The van der Waals surface area contributed by atoms with Crippen molar-refractivity contribution in [2.24, 2.45) is 0 Å². The van der Waals surface area contributed by atoms with E-state index in [9.17, 15) is 15.3 Å². The minimum Gasteiger partial charge on any atom is -0.394 e. The molecule has 1 fully saturated rings. The lowest BCUT2D eigenvalue weighted by Crippen LogP contribution is -2.64. The molecule has 1 saturated heterocycles. The summed E-state index contributed by atoms with van der Waals surface area (Å²) in [7, 11) is 0. The van der Waals surface area contributed by atoms with E-state index in [1.165, 1.54) is 0 Å². The van der Waals surface area contributed by atoms with Gasteiger partial charge in [0.05, 0.1) is 6.61 Å². The van der Waals surface area contributed by atoms with Crippen LogP contribution >= 0.6 is 0 Å². The molecule has 0 aromatic heterocycles. The van der Waals surface area contributed by atoms with Gasteiger partial charge in [-0.15, -0.1) is 0 Å². The maximum Gasteiger partial charge on any atom is 0.149 e. The lowest BCUT2D eigenvalue weighted by atomic mass is 9.99. The molecule has 1 aliphatic rings. The van der Waals surface area contributed by atoms with Crippen LogP contribution < -0.4 is 10.9 Å². The summed E-state index contributed by atoms with van der Waals surface area (Å²) in [5, 5.41) is 37.7. The van der Waals surface area contributed by atoms with Crippen LogP contribution in [0.5, 0.6) is 0 Å². The van der Waals surface area contributed by atoms with Crippen LogP contribution in [0.1, 0.15) is 19.8 Å². The minimum atomic E-state index is -1.34. The van der Waals surface area contributed by atoms with Gasteiger partial charge < -0.3 is 25.2 Å². The van der Waals surface area contributed by atoms with Crippen LogP contribution in [0.25, 0.3) is 0 Å². The molecule has 1 heterocycles. The Labute approximate surface area is 100 Å². The maximum atomic E-state index is 9.66. The molecule has 0 aromatic rings. The molecule has 0 amide bonds. The molecule has 1 rings (SSSR count). The third-order valence-electron chi connectivity index (χ3n) is 2.79. The molecule has 0 aliphatic carbocycles. The van der Waals surface area contributed by atoms with E-state index < -0.39 is 37.3 Å². The van der Waals surface area contributed by atoms with Gasteiger partial charge in [-0.1, -0.05) is 13.3 Å². The van der Waals surface area contributed by atoms with E-state index in [0.717, 1.165) is 12.8 Å². The van der Waals surface area contributed by atoms with Gasteiger partial charge in [0.2, 0.25) is 0 Å². The molecule has 6 N–H and O–H groups in total. The number of hydrogen-bond acceptors (Lipinski definition) is 7. The summed E-state index contributed by atoms with van der Waals surface area (Å²) in [6.45, 7) is 2.33. The summed E-state index contributed by atoms with van der Waals surface area (Å²) in [4.78, 5) is 0. The van der Waals surface area contributed by atoms with Crippen molar-refractivity contribution < 1.29 is 25.2 Å². The maximum absolute atomic E-state index is 9.66. The highest BCUT2D eigenvalue weighted by Gasteiger charge is 2.43. The summed E-state index contributed by atoms with van der Waals surface area (Å²) in [6.07, 6.45) is -3.65. The Kier molecular flexibility index (Phi) is 6.28. The first-order valence-corrected chi connectivity index (χ1v) is 5.90. The Morgan fingerprint density at radius 2 is 1.82 bits per heavy atom. The number of aliphatic hydroxyl groups excluding tert-OH is 4. The fraction of sp³-hybridized carbons (Fsp3) is 1.00. The second-order valence-corrected chi connectivity index (χ2v) is 4.17. The Balaban J connectivity index is 2.42. The van der Waals surface area contributed by atoms with E-state index >= 15 is 0 Å². The SMILES string of the molecule is CCCCNN[C@@H]1O[C@H](CO)[C@@H](O)[C@H](O)[C@H]1O. The van der Waals surface area contributed by atoms with Gasteiger partial charge in [0.15, 0.2) is 0 Å². The molecule has 0 unspecified atom stereocenters. The van der Waals surface area contributed by atoms with Crippen molar-refractivity contribution in [2.75, 3.05) is 13.2 Å². The van der Waals surface area contributed by atoms with Crippen LogP contribution in [0.3, 0.4) is 0 Å². The van der Waals surface area contributed by atoms with Crippen LogP contribution in [0.2, 0.25) is 0 Å². The predicted molar refractivity (Wildman–Crippen MR) is 59.8 cm³/mol. The molecule has 17 heavy (non-hydrogen) atoms. The zero-order valence-electron chi connectivity index (χ0n) is 9.91. The number of nitrogens with one attached hydrogen (secondary N) is 2. The van der Waals surface area contributed by atoms with Crippen molar-refractivity contribution in [1.82, 2.24) is 10.9 Å². The largest absolute Gasteiger partial charge is 0.394 e. The number of hydrazine groups is 1. The number of aliphatic hydroxyl groups is 4. The highest BCUT2D eigenvalue weighted by atomic mass is 16.6. The second-order valence-electron chi connectivity index (χ2n) is 4.17. The molecule has 102 valence electrons. The van der Waals surface area contributed by atoms with Crippen LogP contribution in [0.15, 0.2) is 0 Å². The van der Waals surface area contributed by atoms with Gasteiger partial charge in [0, 0.05) is 6.54 Å². The molecule has 7 nitrogen and oxygen atoms in total. The zero-order valence-corrected chi connectivity index (χ0v) is 9.91. The first-order valence-electron chi connectivity index (χ1n) is 5.90. The number of hydrogen-bond donors (Lipinski definition) is 6. The summed E-state index contributed by atoms with van der Waals surface area (Å²) < 4.78 is 5.23. The first kappa shape index (κ1) is 14.8. The van der Waals surface area contributed by atoms with Gasteiger partial charge in [-0.25, -0.2) is 5.43 Å². The van der Waals surface area contributed by atoms with E-state index in [0.29, 0.717) is 6.54 Å². The Hall–Kier alpha value is -0.280. The highest BCUT2D eigenvalue weighted by Crippen LogP contribution is 2.19. The van der Waals surface area contributed by atoms with Crippen molar-refractivity contribution in [3.05, 3.63) is 0 Å². The average molecular weight is 250 g/mol. The third-order valence-corrected chi connectivity index (χ3v) is 2.79. The molecule has 1 aliphatic heterocycles. The highest BCUT2D eigenvalue weighted by molar-refractivity contribution is 4.90. The van der Waals surface area contributed by atoms with Crippen LogP contribution in [0.4, 0.5) is 0 Å². The van der Waals surface area contributed by atoms with Crippen LogP contribution in [-0.2, 0) is 4.74 Å². The van der Waals surface area contributed by atoms with Gasteiger partial charge >= 0.3 is 0 Å². The van der Waals surface area contributed by atoms with Gasteiger partial charge in [-0.2, -0.15) is 0 Å². The molecule has 0 spiro atoms. The molecular formula is C10H22N2O5. The van der Waals surface area contributed by atoms with E-state index in [1.807, 2.05) is 0 Å². The van der Waals surface area contributed by atoms with Gasteiger partial charge in [-0.05, 0) is 6.42 Å². The quantitative estimate of drug-likeness (QED) is 0.232. The number of unbranched alkanes of at least 4 members (excludes halogenated alkanes) is 1. The molecule has 0 radical (unpaired) electrons. The predicted octanol–water partition coefficient (Wildman–Crippen LogP) is -2.32. The number of rotatable bonds is 6. The van der Waals surface area contributed by atoms with E-state index in [-0.39, 0.29) is 0 Å². The zero-order chi connectivity index (χ0) is 12.8. The summed E-state index contributed by atoms with van der Waals surface area (Å²) in [5.41, 5.74) is 5.57. The Bertz CT molecular complexity index is 217. The normalized spacial score (nSPS) is 38.3. The van der Waals surface area contributed by atoms with Gasteiger partial charge in [0.25, 0.3) is 0 Å². The van der Waals surface area contributed by atoms with E-state index in [4.69, 9.17) is 9.84 Å². The first-order chi connectivity index (χ1) is 8.11. The summed E-state index contributed by atoms with van der Waals surface area (Å²) >= 11 is 0. The van der Waals surface area contributed by atoms with Gasteiger partial charge in [0.1, 0.15) is 30.6 Å². The molecule has 5 atom stereocenters. The smallest absolute Gasteiger partial charge is 0.149 e. The van der Waals surface area contributed by atoms with E-state index in [1.54, 1.807) is 0 Å². The third kappa shape index (κ3) is 3.85. The summed E-state index contributed by atoms with van der Waals surface area (Å²) in [5.74, 6) is 0. The van der Waals surface area contributed by atoms with Gasteiger partial charge in [-0.3, -0.25) is 5.43 Å². The molecule has 0 aromatic carbocycles. The average Bonchev–Trinajstić information content (AvgIpc) is 2.34. The molecular weight excluding hydrogens is 228 g/mol. The van der Waals surface area contributed by atoms with Crippen LogP contribution in [0, 0.1) is 0 Å². The Morgan fingerprint density at radius 1 is 1.12 bits per heavy atom. The fourth-order valence-corrected chi connectivity index (χ4v) is 1.66. The Morgan fingerprint density at radius 3 is 2.41 bits per heavy atom. The minimum absolute atomic E-state index is 0.419. The van der Waals surface area contributed by atoms with Crippen molar-refractivity contribution >= 4 is 0 Å². The topological polar surface area (TPSA) is 114 Å². The van der Waals surface area contributed by atoms with Crippen molar-refractivity contribution in [1.29, 1.82) is 0 Å². The van der Waals surface area contributed by atoms with E-state index in [2.05, 4.69) is 17.8 Å². The lowest BCUT2D eigenvalue weighted by Gasteiger charge is -2.40. The fourth-order valence-electron chi connectivity index (χ4n) is 1.66. The monoisotopic (exact) mass is 250 g/mol. The van der Waals surface area contributed by atoms with Crippen molar-refractivity contribution in [2.45, 2.75) is 50.4 Å². The lowest BCUT2D eigenvalue weighted by molar-refractivity contribution is -0.239. The van der Waals surface area contributed by atoms with Crippen LogP contribution in [-0.4, -0.2) is 64.2 Å². The standard InChI is InChI=1S/C10H22N2O5/c1-2-3-4-11-12-10-9(16)8(15)7(14)6(5-13)17-10/h6-16H,2-5H2,1H3/t6-,7-,8+,9-,10-/m1/s1. The van der Waals surface area contributed by atoms with Crippen molar-refractivity contribution in [3.8, 4) is 0 Å². The summed E-state index contributed by atoms with van der Waals surface area (Å²) in [6, 6.07) is 0. The van der Waals surface area contributed by atoms with Crippen molar-refractivity contribution in [3.63, 3.8) is 0 Å². The molecule has 0 bridgehead atoms. The number of ether oxygens (including phenoxy) is 1.